The van der Waals surface area contributed by atoms with Gasteiger partial charge in [0.05, 0.1) is 11.5 Å². The Labute approximate surface area is 170 Å². The Kier molecular flexibility index (Phi) is 5.71. The minimum atomic E-state index is -3.79. The van der Waals surface area contributed by atoms with Crippen LogP contribution < -0.4 is 4.72 Å². The Morgan fingerprint density at radius 3 is 2.41 bits per heavy atom. The largest absolute Gasteiger partial charge is 0.462 e. The van der Waals surface area contributed by atoms with Gasteiger partial charge < -0.3 is 9.15 Å². The number of ether oxygens (including phenoxy) is 1. The molecule has 0 saturated carbocycles. The molecule has 0 unspecified atom stereocenters. The Balaban J connectivity index is 2.01. The molecule has 0 aliphatic heterocycles. The van der Waals surface area contributed by atoms with Gasteiger partial charge in [-0.25, -0.2) is 13.2 Å². The maximum Gasteiger partial charge on any atom is 0.342 e. The molecule has 0 radical (unpaired) electrons. The van der Waals surface area contributed by atoms with E-state index in [1.807, 2.05) is 26.8 Å². The van der Waals surface area contributed by atoms with Gasteiger partial charge in [0.15, 0.2) is 0 Å². The van der Waals surface area contributed by atoms with Gasteiger partial charge in [-0.1, -0.05) is 13.0 Å². The van der Waals surface area contributed by atoms with Crippen molar-refractivity contribution in [3.8, 4) is 0 Å². The number of furan rings is 1. The van der Waals surface area contributed by atoms with E-state index in [9.17, 15) is 13.2 Å². The van der Waals surface area contributed by atoms with E-state index in [1.54, 1.807) is 38.1 Å². The minimum absolute atomic E-state index is 0.228. The predicted molar refractivity (Wildman–Crippen MR) is 113 cm³/mol. The SMILES string of the molecule is CCCOC(=O)c1c(C)oc2ccc(NS(=O)(=O)c3cc(C)c(C)cc3C)cc12. The zero-order chi connectivity index (χ0) is 21.3. The number of fused-ring (bicyclic) bond motifs is 1. The quantitative estimate of drug-likeness (QED) is 0.571. The third-order valence-electron chi connectivity index (χ3n) is 4.84. The molecule has 0 fully saturated rings. The molecule has 1 N–H and O–H groups in total. The molecule has 1 aromatic heterocycles. The first-order valence-corrected chi connectivity index (χ1v) is 10.9. The van der Waals surface area contributed by atoms with Gasteiger partial charge in [0.25, 0.3) is 10.0 Å². The van der Waals surface area contributed by atoms with Crippen LogP contribution in [0.4, 0.5) is 5.69 Å². The van der Waals surface area contributed by atoms with Crippen LogP contribution in [0.3, 0.4) is 0 Å². The van der Waals surface area contributed by atoms with E-state index in [0.29, 0.717) is 46.6 Å². The monoisotopic (exact) mass is 415 g/mol. The smallest absolute Gasteiger partial charge is 0.342 e. The van der Waals surface area contributed by atoms with Gasteiger partial charge in [-0.15, -0.1) is 0 Å². The highest BCUT2D eigenvalue weighted by Gasteiger charge is 2.22. The Morgan fingerprint density at radius 1 is 1.03 bits per heavy atom. The van der Waals surface area contributed by atoms with Crippen molar-refractivity contribution in [2.45, 2.75) is 45.9 Å². The molecule has 0 bridgehead atoms. The van der Waals surface area contributed by atoms with Crippen LogP contribution in [0.15, 0.2) is 39.6 Å². The number of carbonyl (C=O) groups excluding carboxylic acids is 1. The van der Waals surface area contributed by atoms with Crippen molar-refractivity contribution < 1.29 is 22.4 Å². The van der Waals surface area contributed by atoms with Crippen LogP contribution in [0, 0.1) is 27.7 Å². The highest BCUT2D eigenvalue weighted by Crippen LogP contribution is 2.30. The van der Waals surface area contributed by atoms with E-state index < -0.39 is 16.0 Å². The lowest BCUT2D eigenvalue weighted by Crippen LogP contribution is -2.15. The number of rotatable bonds is 6. The zero-order valence-corrected chi connectivity index (χ0v) is 18.1. The summed E-state index contributed by atoms with van der Waals surface area (Å²) in [5.74, 6) is -0.0424. The molecular weight excluding hydrogens is 390 g/mol. The molecule has 2 aromatic carbocycles. The molecule has 3 aromatic rings. The second kappa shape index (κ2) is 7.91. The number of hydrogen-bond acceptors (Lipinski definition) is 5. The van der Waals surface area contributed by atoms with E-state index in [-0.39, 0.29) is 4.90 Å². The molecule has 0 spiro atoms. The van der Waals surface area contributed by atoms with Crippen LogP contribution in [-0.4, -0.2) is 21.0 Å². The van der Waals surface area contributed by atoms with Crippen molar-refractivity contribution in [2.75, 3.05) is 11.3 Å². The molecule has 7 heteroatoms. The summed E-state index contributed by atoms with van der Waals surface area (Å²) in [6, 6.07) is 8.38. The van der Waals surface area contributed by atoms with Crippen LogP contribution in [0.1, 0.15) is 46.2 Å². The number of hydrogen-bond donors (Lipinski definition) is 1. The number of carbonyl (C=O) groups is 1. The van der Waals surface area contributed by atoms with Gasteiger partial charge in [-0.3, -0.25) is 4.72 Å². The summed E-state index contributed by atoms with van der Waals surface area (Å²) >= 11 is 0. The summed E-state index contributed by atoms with van der Waals surface area (Å²) in [4.78, 5) is 12.6. The number of nitrogens with one attached hydrogen (secondary N) is 1. The third kappa shape index (κ3) is 4.15. The number of esters is 1. The van der Waals surface area contributed by atoms with Gasteiger partial charge in [-0.05, 0) is 75.1 Å². The average Bonchev–Trinajstić information content (AvgIpc) is 2.97. The Morgan fingerprint density at radius 2 is 1.72 bits per heavy atom. The zero-order valence-electron chi connectivity index (χ0n) is 17.3. The molecule has 6 nitrogen and oxygen atoms in total. The highest BCUT2D eigenvalue weighted by atomic mass is 32.2. The van der Waals surface area contributed by atoms with E-state index in [4.69, 9.17) is 9.15 Å². The summed E-state index contributed by atoms with van der Waals surface area (Å²) in [5, 5.41) is 0.514. The van der Waals surface area contributed by atoms with Crippen LogP contribution in [0.2, 0.25) is 0 Å². The van der Waals surface area contributed by atoms with Gasteiger partial charge in [0.1, 0.15) is 16.9 Å². The predicted octanol–water partition coefficient (Wildman–Crippen LogP) is 5.03. The van der Waals surface area contributed by atoms with Crippen molar-refractivity contribution in [3.63, 3.8) is 0 Å². The molecule has 3 rings (SSSR count). The maximum absolute atomic E-state index is 13.0. The van der Waals surface area contributed by atoms with Gasteiger partial charge >= 0.3 is 5.97 Å². The Bertz CT molecular complexity index is 1190. The fourth-order valence-electron chi connectivity index (χ4n) is 3.24. The molecule has 0 amide bonds. The lowest BCUT2D eigenvalue weighted by Gasteiger charge is -2.13. The maximum atomic E-state index is 13.0. The fraction of sp³-hybridized carbons (Fsp3) is 0.318. The minimum Gasteiger partial charge on any atom is -0.462 e. The molecule has 154 valence electrons. The first kappa shape index (κ1) is 20.9. The van der Waals surface area contributed by atoms with Crippen LogP contribution in [-0.2, 0) is 14.8 Å². The molecule has 0 atom stereocenters. The molecule has 0 aliphatic carbocycles. The topological polar surface area (TPSA) is 85.6 Å². The fourth-order valence-corrected chi connectivity index (χ4v) is 4.60. The van der Waals surface area contributed by atoms with E-state index >= 15 is 0 Å². The summed E-state index contributed by atoms with van der Waals surface area (Å²) in [5.41, 5.74) is 3.77. The van der Waals surface area contributed by atoms with Crippen LogP contribution in [0.25, 0.3) is 11.0 Å². The summed E-state index contributed by atoms with van der Waals surface area (Å²) in [6.45, 7) is 9.50. The number of sulfonamides is 1. The van der Waals surface area contributed by atoms with E-state index in [2.05, 4.69) is 4.72 Å². The molecule has 0 aliphatic rings. The number of benzene rings is 2. The van der Waals surface area contributed by atoms with E-state index in [0.717, 1.165) is 11.1 Å². The van der Waals surface area contributed by atoms with E-state index in [1.165, 1.54) is 0 Å². The Hall–Kier alpha value is -2.80. The lowest BCUT2D eigenvalue weighted by molar-refractivity contribution is 0.0505. The summed E-state index contributed by atoms with van der Waals surface area (Å²) in [7, 11) is -3.79. The number of anilines is 1. The van der Waals surface area contributed by atoms with Crippen molar-refractivity contribution in [2.24, 2.45) is 0 Å². The third-order valence-corrected chi connectivity index (χ3v) is 6.36. The van der Waals surface area contributed by atoms with Crippen LogP contribution >= 0.6 is 0 Å². The highest BCUT2D eigenvalue weighted by molar-refractivity contribution is 7.92. The average molecular weight is 416 g/mol. The van der Waals surface area contributed by atoms with Crippen molar-refractivity contribution in [1.82, 2.24) is 0 Å². The number of aryl methyl sites for hydroxylation is 4. The lowest BCUT2D eigenvalue weighted by atomic mass is 10.1. The van der Waals surface area contributed by atoms with Crippen molar-refractivity contribution >= 4 is 32.6 Å². The van der Waals surface area contributed by atoms with Gasteiger partial charge in [0, 0.05) is 11.1 Å². The molecule has 0 saturated heterocycles. The molecule has 29 heavy (non-hydrogen) atoms. The summed E-state index contributed by atoms with van der Waals surface area (Å²) < 4.78 is 39.4. The van der Waals surface area contributed by atoms with Crippen molar-refractivity contribution in [3.05, 3.63) is 58.3 Å². The summed E-state index contributed by atoms with van der Waals surface area (Å²) in [6.07, 6.45) is 0.709. The normalized spacial score (nSPS) is 11.6. The van der Waals surface area contributed by atoms with Crippen molar-refractivity contribution in [1.29, 1.82) is 0 Å². The second-order valence-corrected chi connectivity index (χ2v) is 8.84. The van der Waals surface area contributed by atoms with Gasteiger partial charge in [0.2, 0.25) is 0 Å². The first-order chi connectivity index (χ1) is 13.6. The van der Waals surface area contributed by atoms with Gasteiger partial charge in [-0.2, -0.15) is 0 Å². The first-order valence-electron chi connectivity index (χ1n) is 9.45. The molecular formula is C22H25NO5S. The standard InChI is InChI=1S/C22H25NO5S/c1-6-9-27-22(24)21-16(5)28-19-8-7-17(12-18(19)21)23-29(25,26)20-11-14(3)13(2)10-15(20)4/h7-8,10-12,23H,6,9H2,1-5H3. The second-order valence-electron chi connectivity index (χ2n) is 7.19. The molecule has 1 heterocycles. The van der Waals surface area contributed by atoms with Crippen LogP contribution in [0.5, 0.6) is 0 Å².